The largest absolute Gasteiger partial charge is 0.496 e. The molecule has 6 nitrogen and oxygen atoms in total. The first-order chi connectivity index (χ1) is 16.9. The van der Waals surface area contributed by atoms with Crippen LogP contribution in [0.15, 0.2) is 90.1 Å². The fourth-order valence-electron chi connectivity index (χ4n) is 5.10. The zero-order chi connectivity index (χ0) is 24.6. The van der Waals surface area contributed by atoms with Gasteiger partial charge in [-0.15, -0.1) is 0 Å². The quantitative estimate of drug-likeness (QED) is 0.459. The van der Waals surface area contributed by atoms with Crippen LogP contribution in [-0.4, -0.2) is 18.9 Å². The minimum Gasteiger partial charge on any atom is -0.496 e. The summed E-state index contributed by atoms with van der Waals surface area (Å²) in [5.41, 5.74) is 4.18. The Kier molecular flexibility index (Phi) is 5.81. The SMILES string of the molecule is COc1ccccc1[C@H]1C2=C(CC(C)(C)CC2=O)Nc2ccccc2N1C(=O)Nc1ccccc1. The number of ketones is 1. The van der Waals surface area contributed by atoms with Gasteiger partial charge in [0, 0.05) is 28.9 Å². The molecular weight excluding hydrogens is 438 g/mol. The summed E-state index contributed by atoms with van der Waals surface area (Å²) in [5, 5.41) is 6.56. The Labute approximate surface area is 205 Å². The third-order valence-electron chi connectivity index (χ3n) is 6.58. The maximum Gasteiger partial charge on any atom is 0.327 e. The molecule has 0 aromatic heterocycles. The van der Waals surface area contributed by atoms with Crippen molar-refractivity contribution in [3.8, 4) is 5.75 Å². The fourth-order valence-corrected chi connectivity index (χ4v) is 5.10. The van der Waals surface area contributed by atoms with E-state index in [0.29, 0.717) is 35.5 Å². The number of hydrogen-bond donors (Lipinski definition) is 2. The number of anilines is 3. The van der Waals surface area contributed by atoms with Crippen molar-refractivity contribution in [1.29, 1.82) is 0 Å². The second-order valence-corrected chi connectivity index (χ2v) is 9.79. The van der Waals surface area contributed by atoms with E-state index in [1.807, 2.05) is 78.9 Å². The van der Waals surface area contributed by atoms with Crippen molar-refractivity contribution in [2.45, 2.75) is 32.7 Å². The molecule has 0 unspecified atom stereocenters. The average molecular weight is 468 g/mol. The van der Waals surface area contributed by atoms with Crippen LogP contribution in [0, 0.1) is 5.41 Å². The summed E-state index contributed by atoms with van der Waals surface area (Å²) in [6.45, 7) is 4.20. The molecule has 0 fully saturated rings. The lowest BCUT2D eigenvalue weighted by molar-refractivity contribution is -0.118. The highest BCUT2D eigenvalue weighted by atomic mass is 16.5. The maximum absolute atomic E-state index is 14.0. The molecule has 0 saturated carbocycles. The normalized spacial score (nSPS) is 18.7. The second kappa shape index (κ2) is 8.95. The maximum atomic E-state index is 14.0. The van der Waals surface area contributed by atoms with E-state index in [2.05, 4.69) is 24.5 Å². The first-order valence-corrected chi connectivity index (χ1v) is 11.8. The van der Waals surface area contributed by atoms with Crippen molar-refractivity contribution in [2.75, 3.05) is 22.6 Å². The number of methoxy groups -OCH3 is 1. The Morgan fingerprint density at radius 3 is 2.43 bits per heavy atom. The lowest BCUT2D eigenvalue weighted by Gasteiger charge is -2.37. The topological polar surface area (TPSA) is 70.7 Å². The van der Waals surface area contributed by atoms with E-state index < -0.39 is 6.04 Å². The summed E-state index contributed by atoms with van der Waals surface area (Å²) in [6, 6.07) is 23.6. The molecule has 3 aromatic rings. The third kappa shape index (κ3) is 4.28. The molecule has 6 heteroatoms. The molecule has 1 aliphatic heterocycles. The first-order valence-electron chi connectivity index (χ1n) is 11.8. The summed E-state index contributed by atoms with van der Waals surface area (Å²) < 4.78 is 5.72. The number of carbonyl (C=O) groups excluding carboxylic acids is 2. The lowest BCUT2D eigenvalue weighted by atomic mass is 9.73. The number of nitrogens with one attached hydrogen (secondary N) is 2. The highest BCUT2D eigenvalue weighted by molar-refractivity contribution is 6.09. The van der Waals surface area contributed by atoms with E-state index in [4.69, 9.17) is 4.74 Å². The van der Waals surface area contributed by atoms with Crippen LogP contribution >= 0.6 is 0 Å². The molecule has 0 bridgehead atoms. The van der Waals surface area contributed by atoms with Gasteiger partial charge in [-0.2, -0.15) is 0 Å². The number of ether oxygens (including phenoxy) is 1. The predicted octanol–water partition coefficient (Wildman–Crippen LogP) is 6.54. The molecule has 2 aliphatic rings. The molecular formula is C29H29N3O3. The number of nitrogens with zero attached hydrogens (tertiary/aromatic N) is 1. The van der Waals surface area contributed by atoms with Gasteiger partial charge in [-0.3, -0.25) is 9.69 Å². The summed E-state index contributed by atoms with van der Waals surface area (Å²) in [7, 11) is 1.61. The van der Waals surface area contributed by atoms with E-state index in [1.165, 1.54) is 0 Å². The molecule has 0 spiro atoms. The number of benzene rings is 3. The van der Waals surface area contributed by atoms with E-state index in [-0.39, 0.29) is 17.2 Å². The molecule has 35 heavy (non-hydrogen) atoms. The molecule has 2 N–H and O–H groups in total. The van der Waals surface area contributed by atoms with Gasteiger partial charge in [0.2, 0.25) is 0 Å². The molecule has 1 aliphatic carbocycles. The number of fused-ring (bicyclic) bond motifs is 1. The van der Waals surface area contributed by atoms with E-state index in [1.54, 1.807) is 12.0 Å². The summed E-state index contributed by atoms with van der Waals surface area (Å²) in [6.07, 6.45) is 1.10. The van der Waals surface area contributed by atoms with Crippen LogP contribution < -0.4 is 20.3 Å². The van der Waals surface area contributed by atoms with E-state index >= 15 is 0 Å². The molecule has 1 heterocycles. The van der Waals surface area contributed by atoms with Crippen LogP contribution in [0.25, 0.3) is 0 Å². The van der Waals surface area contributed by atoms with Crippen molar-refractivity contribution >= 4 is 28.9 Å². The Morgan fingerprint density at radius 2 is 1.66 bits per heavy atom. The van der Waals surface area contributed by atoms with Gasteiger partial charge in [0.1, 0.15) is 5.75 Å². The van der Waals surface area contributed by atoms with Gasteiger partial charge < -0.3 is 15.4 Å². The molecule has 178 valence electrons. The fraction of sp³-hybridized carbons (Fsp3) is 0.241. The Hall–Kier alpha value is -4.06. The number of amides is 2. The molecule has 0 saturated heterocycles. The van der Waals surface area contributed by atoms with Crippen molar-refractivity contribution in [2.24, 2.45) is 5.41 Å². The highest BCUT2D eigenvalue weighted by Crippen LogP contribution is 2.49. The lowest BCUT2D eigenvalue weighted by Crippen LogP contribution is -2.41. The molecule has 0 radical (unpaired) electrons. The predicted molar refractivity (Wildman–Crippen MR) is 139 cm³/mol. The van der Waals surface area contributed by atoms with Gasteiger partial charge in [0.05, 0.1) is 24.5 Å². The molecule has 3 aromatic carbocycles. The van der Waals surface area contributed by atoms with Gasteiger partial charge in [-0.05, 0) is 42.2 Å². The van der Waals surface area contributed by atoms with Crippen LogP contribution in [0.3, 0.4) is 0 Å². The van der Waals surface area contributed by atoms with E-state index in [0.717, 1.165) is 16.9 Å². The van der Waals surface area contributed by atoms with Crippen LogP contribution in [0.5, 0.6) is 5.75 Å². The van der Waals surface area contributed by atoms with Gasteiger partial charge >= 0.3 is 6.03 Å². The Balaban J connectivity index is 1.75. The van der Waals surface area contributed by atoms with Gasteiger partial charge in [0.15, 0.2) is 5.78 Å². The van der Waals surface area contributed by atoms with Crippen LogP contribution in [0.4, 0.5) is 21.9 Å². The monoisotopic (exact) mass is 467 g/mol. The Morgan fingerprint density at radius 1 is 0.971 bits per heavy atom. The van der Waals surface area contributed by atoms with Crippen molar-refractivity contribution in [3.05, 3.63) is 95.7 Å². The standard InChI is InChI=1S/C29H29N3O3/c1-29(2)17-22-26(24(33)18-29)27(20-13-7-10-16-25(20)35-3)32(23-15-9-8-14-21(23)31-22)28(34)30-19-11-5-4-6-12-19/h4-16,27,31H,17-18H2,1-3H3,(H,30,34)/t27-/m0/s1. The van der Waals surface area contributed by atoms with Gasteiger partial charge in [-0.1, -0.05) is 62.4 Å². The minimum absolute atomic E-state index is 0.0324. The zero-order valence-corrected chi connectivity index (χ0v) is 20.2. The summed E-state index contributed by atoms with van der Waals surface area (Å²) in [5.74, 6) is 0.656. The van der Waals surface area contributed by atoms with Gasteiger partial charge in [-0.25, -0.2) is 4.79 Å². The highest BCUT2D eigenvalue weighted by Gasteiger charge is 2.44. The third-order valence-corrected chi connectivity index (χ3v) is 6.58. The minimum atomic E-state index is -0.662. The van der Waals surface area contributed by atoms with Crippen LogP contribution in [0.1, 0.15) is 38.3 Å². The van der Waals surface area contributed by atoms with E-state index in [9.17, 15) is 9.59 Å². The summed E-state index contributed by atoms with van der Waals surface area (Å²) in [4.78, 5) is 29.4. The van der Waals surface area contributed by atoms with Crippen molar-refractivity contribution in [3.63, 3.8) is 0 Å². The number of carbonyl (C=O) groups is 2. The number of allylic oxidation sites excluding steroid dienone is 1. The summed E-state index contributed by atoms with van der Waals surface area (Å²) >= 11 is 0. The molecule has 1 atom stereocenters. The number of Topliss-reactive ketones (excluding diaryl/α,β-unsaturated/α-hetero) is 1. The number of rotatable bonds is 3. The van der Waals surface area contributed by atoms with Crippen LogP contribution in [0.2, 0.25) is 0 Å². The van der Waals surface area contributed by atoms with Crippen LogP contribution in [-0.2, 0) is 4.79 Å². The number of urea groups is 1. The average Bonchev–Trinajstić information content (AvgIpc) is 2.98. The first kappa shape index (κ1) is 22.7. The number of para-hydroxylation sites is 4. The smallest absolute Gasteiger partial charge is 0.327 e. The van der Waals surface area contributed by atoms with Crippen molar-refractivity contribution < 1.29 is 14.3 Å². The zero-order valence-electron chi connectivity index (χ0n) is 20.2. The van der Waals surface area contributed by atoms with Gasteiger partial charge in [0.25, 0.3) is 0 Å². The molecule has 5 rings (SSSR count). The van der Waals surface area contributed by atoms with Crippen molar-refractivity contribution in [1.82, 2.24) is 0 Å². The number of hydrogen-bond acceptors (Lipinski definition) is 4. The Bertz CT molecular complexity index is 1310. The molecule has 2 amide bonds. The second-order valence-electron chi connectivity index (χ2n) is 9.79.